The first-order chi connectivity index (χ1) is 8.74. The summed E-state index contributed by atoms with van der Waals surface area (Å²) in [5, 5.41) is 12.7. The fourth-order valence-electron chi connectivity index (χ4n) is 1.47. The van der Waals surface area contributed by atoms with Crippen LogP contribution in [-0.4, -0.2) is 27.7 Å². The molecule has 0 fully saturated rings. The summed E-state index contributed by atoms with van der Waals surface area (Å²) < 4.78 is 1.36. The van der Waals surface area contributed by atoms with E-state index >= 15 is 0 Å². The summed E-state index contributed by atoms with van der Waals surface area (Å²) in [6.45, 7) is 7.30. The lowest BCUT2D eigenvalue weighted by atomic mass is 9.92. The third-order valence-electron chi connectivity index (χ3n) is 3.41. The molecule has 1 atom stereocenters. The molecule has 0 aliphatic rings. The Balaban J connectivity index is 2.62. The molecule has 1 amide bonds. The summed E-state index contributed by atoms with van der Waals surface area (Å²) >= 11 is 0. The van der Waals surface area contributed by atoms with Crippen molar-refractivity contribution < 1.29 is 9.90 Å². The van der Waals surface area contributed by atoms with E-state index in [1.807, 2.05) is 13.8 Å². The highest BCUT2D eigenvalue weighted by Crippen LogP contribution is 2.14. The SMILES string of the molecule is Cc1cccn(CC(=O)NCC(C)(O)C(C)C)c1=O. The van der Waals surface area contributed by atoms with Gasteiger partial charge in [-0.3, -0.25) is 9.59 Å². The van der Waals surface area contributed by atoms with Crippen molar-refractivity contribution in [3.05, 3.63) is 34.2 Å². The van der Waals surface area contributed by atoms with Gasteiger partial charge in [-0.1, -0.05) is 19.9 Å². The number of amides is 1. The van der Waals surface area contributed by atoms with Gasteiger partial charge in [0.2, 0.25) is 5.91 Å². The van der Waals surface area contributed by atoms with Crippen LogP contribution in [-0.2, 0) is 11.3 Å². The summed E-state index contributed by atoms with van der Waals surface area (Å²) in [6.07, 6.45) is 1.58. The molecule has 0 aromatic carbocycles. The Labute approximate surface area is 113 Å². The topological polar surface area (TPSA) is 71.3 Å². The lowest BCUT2D eigenvalue weighted by molar-refractivity contribution is -0.123. The Morgan fingerprint density at radius 2 is 2.16 bits per heavy atom. The van der Waals surface area contributed by atoms with Crippen LogP contribution in [0, 0.1) is 12.8 Å². The first kappa shape index (κ1) is 15.4. The first-order valence-electron chi connectivity index (χ1n) is 6.39. The molecule has 106 valence electrons. The van der Waals surface area contributed by atoms with E-state index in [4.69, 9.17) is 0 Å². The molecule has 5 nitrogen and oxygen atoms in total. The average molecular weight is 266 g/mol. The zero-order chi connectivity index (χ0) is 14.6. The Morgan fingerprint density at radius 1 is 1.53 bits per heavy atom. The molecule has 1 unspecified atom stereocenters. The van der Waals surface area contributed by atoms with E-state index in [0.717, 1.165) is 0 Å². The number of pyridine rings is 1. The quantitative estimate of drug-likeness (QED) is 0.823. The largest absolute Gasteiger partial charge is 0.388 e. The summed E-state index contributed by atoms with van der Waals surface area (Å²) in [7, 11) is 0. The maximum Gasteiger partial charge on any atom is 0.253 e. The van der Waals surface area contributed by atoms with Crippen LogP contribution in [0.4, 0.5) is 0 Å². The Morgan fingerprint density at radius 3 is 2.74 bits per heavy atom. The van der Waals surface area contributed by atoms with Gasteiger partial charge in [0.05, 0.1) is 5.60 Å². The van der Waals surface area contributed by atoms with Gasteiger partial charge < -0.3 is 15.0 Å². The molecular weight excluding hydrogens is 244 g/mol. The average Bonchev–Trinajstić information content (AvgIpc) is 2.32. The molecule has 0 aliphatic heterocycles. The second-order valence-electron chi connectivity index (χ2n) is 5.41. The van der Waals surface area contributed by atoms with Crippen molar-refractivity contribution in [3.8, 4) is 0 Å². The number of carbonyl (C=O) groups is 1. The number of aromatic nitrogens is 1. The van der Waals surface area contributed by atoms with Crippen LogP contribution >= 0.6 is 0 Å². The first-order valence-corrected chi connectivity index (χ1v) is 6.39. The summed E-state index contributed by atoms with van der Waals surface area (Å²) in [5.41, 5.74) is -0.523. The number of hydrogen-bond acceptors (Lipinski definition) is 3. The van der Waals surface area contributed by atoms with Crippen molar-refractivity contribution in [2.45, 2.75) is 39.8 Å². The van der Waals surface area contributed by atoms with Gasteiger partial charge in [-0.25, -0.2) is 0 Å². The number of aryl methyl sites for hydroxylation is 1. The smallest absolute Gasteiger partial charge is 0.253 e. The number of rotatable bonds is 5. The van der Waals surface area contributed by atoms with E-state index in [9.17, 15) is 14.7 Å². The van der Waals surface area contributed by atoms with Crippen LogP contribution in [0.25, 0.3) is 0 Å². The van der Waals surface area contributed by atoms with E-state index < -0.39 is 5.60 Å². The maximum absolute atomic E-state index is 11.8. The van der Waals surface area contributed by atoms with E-state index in [1.165, 1.54) is 4.57 Å². The summed E-state index contributed by atoms with van der Waals surface area (Å²) in [5.74, 6) is -0.247. The molecule has 1 aromatic heterocycles. The Hall–Kier alpha value is -1.62. The van der Waals surface area contributed by atoms with Crippen LogP contribution in [0.5, 0.6) is 0 Å². The van der Waals surface area contributed by atoms with Crippen molar-refractivity contribution in [3.63, 3.8) is 0 Å². The molecule has 0 saturated heterocycles. The zero-order valence-electron chi connectivity index (χ0n) is 11.9. The highest BCUT2D eigenvalue weighted by Gasteiger charge is 2.25. The van der Waals surface area contributed by atoms with Crippen molar-refractivity contribution in [2.75, 3.05) is 6.54 Å². The van der Waals surface area contributed by atoms with Crippen LogP contribution in [0.3, 0.4) is 0 Å². The second-order valence-corrected chi connectivity index (χ2v) is 5.41. The normalized spacial score (nSPS) is 14.2. The molecule has 0 saturated carbocycles. The van der Waals surface area contributed by atoms with Crippen LogP contribution in [0.2, 0.25) is 0 Å². The van der Waals surface area contributed by atoms with Gasteiger partial charge in [0.15, 0.2) is 0 Å². The van der Waals surface area contributed by atoms with Gasteiger partial charge >= 0.3 is 0 Å². The van der Waals surface area contributed by atoms with Gasteiger partial charge in [-0.05, 0) is 25.8 Å². The summed E-state index contributed by atoms with van der Waals surface area (Å²) in [6, 6.07) is 3.44. The number of carbonyl (C=O) groups excluding carboxylic acids is 1. The van der Waals surface area contributed by atoms with Crippen LogP contribution in [0.1, 0.15) is 26.3 Å². The standard InChI is InChI=1S/C14H22N2O3/c1-10(2)14(4,19)9-15-12(17)8-16-7-5-6-11(3)13(16)18/h5-7,10,19H,8-9H2,1-4H3,(H,15,17). The van der Waals surface area contributed by atoms with Gasteiger partial charge in [-0.15, -0.1) is 0 Å². The van der Waals surface area contributed by atoms with E-state index in [-0.39, 0.29) is 30.5 Å². The lowest BCUT2D eigenvalue weighted by Gasteiger charge is -2.27. The number of hydrogen-bond donors (Lipinski definition) is 2. The molecule has 1 rings (SSSR count). The molecule has 0 bridgehead atoms. The maximum atomic E-state index is 11.8. The molecule has 1 aromatic rings. The molecular formula is C14H22N2O3. The van der Waals surface area contributed by atoms with Crippen molar-refractivity contribution in [2.24, 2.45) is 5.92 Å². The molecule has 5 heteroatoms. The number of aliphatic hydroxyl groups is 1. The molecule has 1 heterocycles. The monoisotopic (exact) mass is 266 g/mol. The molecule has 0 spiro atoms. The zero-order valence-corrected chi connectivity index (χ0v) is 11.9. The second kappa shape index (κ2) is 6.02. The lowest BCUT2D eigenvalue weighted by Crippen LogP contribution is -2.45. The van der Waals surface area contributed by atoms with Crippen molar-refractivity contribution >= 4 is 5.91 Å². The third kappa shape index (κ3) is 4.21. The van der Waals surface area contributed by atoms with E-state index in [0.29, 0.717) is 5.56 Å². The van der Waals surface area contributed by atoms with Gasteiger partial charge in [-0.2, -0.15) is 0 Å². The minimum Gasteiger partial charge on any atom is -0.388 e. The van der Waals surface area contributed by atoms with Gasteiger partial charge in [0.1, 0.15) is 6.54 Å². The molecule has 0 radical (unpaired) electrons. The molecule has 2 N–H and O–H groups in total. The van der Waals surface area contributed by atoms with Crippen molar-refractivity contribution in [1.29, 1.82) is 0 Å². The fourth-order valence-corrected chi connectivity index (χ4v) is 1.47. The van der Waals surface area contributed by atoms with E-state index in [1.54, 1.807) is 32.2 Å². The van der Waals surface area contributed by atoms with Gasteiger partial charge in [0.25, 0.3) is 5.56 Å². The molecule has 0 aliphatic carbocycles. The number of nitrogens with one attached hydrogen (secondary N) is 1. The predicted octanol–water partition coefficient (Wildman–Crippen LogP) is 0.680. The third-order valence-corrected chi connectivity index (χ3v) is 3.41. The minimum atomic E-state index is -0.951. The fraction of sp³-hybridized carbons (Fsp3) is 0.571. The van der Waals surface area contributed by atoms with Crippen LogP contribution < -0.4 is 10.9 Å². The van der Waals surface area contributed by atoms with Crippen molar-refractivity contribution in [1.82, 2.24) is 9.88 Å². The minimum absolute atomic E-state index is 0.0330. The predicted molar refractivity (Wildman–Crippen MR) is 73.9 cm³/mol. The molecule has 19 heavy (non-hydrogen) atoms. The highest BCUT2D eigenvalue weighted by atomic mass is 16.3. The number of nitrogens with zero attached hydrogens (tertiary/aromatic N) is 1. The van der Waals surface area contributed by atoms with E-state index in [2.05, 4.69) is 5.32 Å². The van der Waals surface area contributed by atoms with Gasteiger partial charge in [0, 0.05) is 18.3 Å². The Bertz CT molecular complexity index is 504. The van der Waals surface area contributed by atoms with Crippen LogP contribution in [0.15, 0.2) is 23.1 Å². The summed E-state index contributed by atoms with van der Waals surface area (Å²) in [4.78, 5) is 23.5. The highest BCUT2D eigenvalue weighted by molar-refractivity contribution is 5.75. The Kier molecular flexibility index (Phi) is 4.89.